The predicted molar refractivity (Wildman–Crippen MR) is 68.6 cm³/mol. The number of hydrogen-bond acceptors (Lipinski definition) is 3. The molecule has 5 heteroatoms. The SMILES string of the molecule is Cn1cc(O)nc1CSc1ccccc1Br. The van der Waals surface area contributed by atoms with Gasteiger partial charge in [0.2, 0.25) is 5.88 Å². The summed E-state index contributed by atoms with van der Waals surface area (Å²) >= 11 is 5.18. The van der Waals surface area contributed by atoms with Crippen molar-refractivity contribution in [1.82, 2.24) is 9.55 Å². The summed E-state index contributed by atoms with van der Waals surface area (Å²) in [6.07, 6.45) is 1.61. The summed E-state index contributed by atoms with van der Waals surface area (Å²) in [5.41, 5.74) is 0. The van der Waals surface area contributed by atoms with Gasteiger partial charge in [-0.2, -0.15) is 4.98 Å². The normalized spacial score (nSPS) is 10.6. The maximum absolute atomic E-state index is 9.24. The lowest BCUT2D eigenvalue weighted by atomic mass is 10.4. The summed E-state index contributed by atoms with van der Waals surface area (Å²) in [5, 5.41) is 9.24. The molecule has 0 unspecified atom stereocenters. The molecule has 0 amide bonds. The van der Waals surface area contributed by atoms with Crippen molar-refractivity contribution in [2.45, 2.75) is 10.6 Å². The first-order chi connectivity index (χ1) is 7.66. The van der Waals surface area contributed by atoms with Gasteiger partial charge in [-0.15, -0.1) is 11.8 Å². The van der Waals surface area contributed by atoms with Gasteiger partial charge >= 0.3 is 0 Å². The van der Waals surface area contributed by atoms with Gasteiger partial charge in [-0.1, -0.05) is 12.1 Å². The van der Waals surface area contributed by atoms with Gasteiger partial charge in [0.05, 0.1) is 11.9 Å². The molecule has 0 atom stereocenters. The quantitative estimate of drug-likeness (QED) is 0.885. The maximum Gasteiger partial charge on any atom is 0.229 e. The van der Waals surface area contributed by atoms with Crippen molar-refractivity contribution >= 4 is 27.7 Å². The van der Waals surface area contributed by atoms with E-state index in [0.717, 1.165) is 16.0 Å². The number of benzene rings is 1. The molecule has 0 spiro atoms. The summed E-state index contributed by atoms with van der Waals surface area (Å²) in [4.78, 5) is 5.21. The Balaban J connectivity index is 2.08. The van der Waals surface area contributed by atoms with Crippen molar-refractivity contribution in [3.63, 3.8) is 0 Å². The van der Waals surface area contributed by atoms with Gasteiger partial charge in [0.15, 0.2) is 0 Å². The Morgan fingerprint density at radius 2 is 2.19 bits per heavy atom. The van der Waals surface area contributed by atoms with E-state index in [2.05, 4.69) is 27.0 Å². The van der Waals surface area contributed by atoms with E-state index in [1.54, 1.807) is 18.0 Å². The van der Waals surface area contributed by atoms with Crippen LogP contribution in [-0.4, -0.2) is 14.7 Å². The van der Waals surface area contributed by atoms with Crippen molar-refractivity contribution in [2.24, 2.45) is 7.05 Å². The van der Waals surface area contributed by atoms with Crippen LogP contribution in [0.3, 0.4) is 0 Å². The number of aromatic nitrogens is 2. The second-order valence-electron chi connectivity index (χ2n) is 3.35. The monoisotopic (exact) mass is 298 g/mol. The fourth-order valence-electron chi connectivity index (χ4n) is 1.33. The number of aryl methyl sites for hydroxylation is 1. The third-order valence-corrected chi connectivity index (χ3v) is 4.18. The molecule has 2 rings (SSSR count). The lowest BCUT2D eigenvalue weighted by molar-refractivity contribution is 0.455. The van der Waals surface area contributed by atoms with E-state index in [0.29, 0.717) is 0 Å². The first kappa shape index (κ1) is 11.5. The Morgan fingerprint density at radius 3 is 2.81 bits per heavy atom. The summed E-state index contributed by atoms with van der Waals surface area (Å²) in [7, 11) is 1.88. The average molecular weight is 299 g/mol. The van der Waals surface area contributed by atoms with Gasteiger partial charge in [-0.05, 0) is 28.1 Å². The summed E-state index contributed by atoms with van der Waals surface area (Å²) in [6, 6.07) is 8.06. The maximum atomic E-state index is 9.24. The van der Waals surface area contributed by atoms with Crippen LogP contribution < -0.4 is 0 Å². The molecule has 0 radical (unpaired) electrons. The summed E-state index contributed by atoms with van der Waals surface area (Å²) in [5.74, 6) is 1.67. The molecule has 1 aromatic carbocycles. The van der Waals surface area contributed by atoms with E-state index in [1.165, 1.54) is 4.90 Å². The van der Waals surface area contributed by atoms with Gasteiger partial charge in [-0.3, -0.25) is 0 Å². The molecule has 2 aromatic rings. The number of imidazole rings is 1. The molecule has 1 aromatic heterocycles. The number of aromatic hydroxyl groups is 1. The standard InChI is InChI=1S/C11H11BrN2OS/c1-14-6-11(15)13-10(14)7-16-9-5-3-2-4-8(9)12/h2-6,15H,7H2,1H3. The Hall–Kier alpha value is -0.940. The Bertz CT molecular complexity index is 498. The molecule has 0 bridgehead atoms. The smallest absolute Gasteiger partial charge is 0.229 e. The fraction of sp³-hybridized carbons (Fsp3) is 0.182. The molecule has 1 N–H and O–H groups in total. The van der Waals surface area contributed by atoms with Gasteiger partial charge < -0.3 is 9.67 Å². The van der Waals surface area contributed by atoms with Crippen LogP contribution in [0.4, 0.5) is 0 Å². The third kappa shape index (κ3) is 2.59. The number of nitrogens with zero attached hydrogens (tertiary/aromatic N) is 2. The molecular weight excluding hydrogens is 288 g/mol. The summed E-state index contributed by atoms with van der Waals surface area (Å²) in [6.45, 7) is 0. The zero-order valence-corrected chi connectivity index (χ0v) is 11.1. The largest absolute Gasteiger partial charge is 0.492 e. The van der Waals surface area contributed by atoms with Crippen LogP contribution in [-0.2, 0) is 12.8 Å². The van der Waals surface area contributed by atoms with Crippen molar-refractivity contribution in [3.8, 4) is 5.88 Å². The van der Waals surface area contributed by atoms with Crippen molar-refractivity contribution < 1.29 is 5.11 Å². The molecule has 0 aliphatic rings. The minimum absolute atomic E-state index is 0.0743. The van der Waals surface area contributed by atoms with Gasteiger partial charge in [0.25, 0.3) is 0 Å². The van der Waals surface area contributed by atoms with Crippen LogP contribution in [0.1, 0.15) is 5.82 Å². The molecule has 0 aliphatic heterocycles. The molecule has 0 aliphatic carbocycles. The van der Waals surface area contributed by atoms with Crippen molar-refractivity contribution in [2.75, 3.05) is 0 Å². The minimum atomic E-state index is 0.0743. The highest BCUT2D eigenvalue weighted by molar-refractivity contribution is 9.10. The fourth-order valence-corrected chi connectivity index (χ4v) is 2.89. The van der Waals surface area contributed by atoms with Crippen LogP contribution in [0.25, 0.3) is 0 Å². The second kappa shape index (κ2) is 4.93. The van der Waals surface area contributed by atoms with Crippen LogP contribution in [0.15, 0.2) is 39.8 Å². The lowest BCUT2D eigenvalue weighted by Crippen LogP contribution is -1.94. The van der Waals surface area contributed by atoms with E-state index in [-0.39, 0.29) is 5.88 Å². The topological polar surface area (TPSA) is 38.0 Å². The van der Waals surface area contributed by atoms with E-state index in [9.17, 15) is 5.11 Å². The highest BCUT2D eigenvalue weighted by Gasteiger charge is 2.06. The molecule has 0 fully saturated rings. The van der Waals surface area contributed by atoms with Gasteiger partial charge in [-0.25, -0.2) is 0 Å². The van der Waals surface area contributed by atoms with Gasteiger partial charge in [0, 0.05) is 16.4 Å². The first-order valence-corrected chi connectivity index (χ1v) is 6.53. The lowest BCUT2D eigenvalue weighted by Gasteiger charge is -2.03. The molecule has 16 heavy (non-hydrogen) atoms. The van der Waals surface area contributed by atoms with Gasteiger partial charge in [0.1, 0.15) is 5.82 Å². The van der Waals surface area contributed by atoms with E-state index >= 15 is 0 Å². The zero-order chi connectivity index (χ0) is 11.5. The average Bonchev–Trinajstić information content (AvgIpc) is 2.56. The third-order valence-electron chi connectivity index (χ3n) is 2.15. The number of hydrogen-bond donors (Lipinski definition) is 1. The van der Waals surface area contributed by atoms with Crippen LogP contribution >= 0.6 is 27.7 Å². The molecule has 0 saturated carbocycles. The zero-order valence-electron chi connectivity index (χ0n) is 8.72. The predicted octanol–water partition coefficient (Wildman–Crippen LogP) is 3.18. The van der Waals surface area contributed by atoms with E-state index in [1.807, 2.05) is 29.8 Å². The Labute approximate surface area is 107 Å². The molecule has 1 heterocycles. The Kier molecular flexibility index (Phi) is 3.56. The number of halogens is 1. The van der Waals surface area contributed by atoms with Crippen LogP contribution in [0, 0.1) is 0 Å². The van der Waals surface area contributed by atoms with Crippen LogP contribution in [0.5, 0.6) is 5.88 Å². The number of rotatable bonds is 3. The summed E-state index contributed by atoms with van der Waals surface area (Å²) < 4.78 is 2.91. The van der Waals surface area contributed by atoms with Crippen LogP contribution in [0.2, 0.25) is 0 Å². The Morgan fingerprint density at radius 1 is 1.44 bits per heavy atom. The highest BCUT2D eigenvalue weighted by atomic mass is 79.9. The van der Waals surface area contributed by atoms with Crippen molar-refractivity contribution in [1.29, 1.82) is 0 Å². The first-order valence-electron chi connectivity index (χ1n) is 4.75. The molecule has 84 valence electrons. The van der Waals surface area contributed by atoms with Crippen molar-refractivity contribution in [3.05, 3.63) is 40.8 Å². The van der Waals surface area contributed by atoms with E-state index in [4.69, 9.17) is 0 Å². The molecular formula is C11H11BrN2OS. The second-order valence-corrected chi connectivity index (χ2v) is 5.22. The molecule has 0 saturated heterocycles. The minimum Gasteiger partial charge on any atom is -0.492 e. The van der Waals surface area contributed by atoms with E-state index < -0.39 is 0 Å². The number of thioether (sulfide) groups is 1. The molecule has 3 nitrogen and oxygen atoms in total. The highest BCUT2D eigenvalue weighted by Crippen LogP contribution is 2.29.